The minimum absolute atomic E-state index is 0.226. The van der Waals surface area contributed by atoms with Crippen molar-refractivity contribution in [3.05, 3.63) is 36.0 Å². The summed E-state index contributed by atoms with van der Waals surface area (Å²) in [4.78, 5) is 11.2. The summed E-state index contributed by atoms with van der Waals surface area (Å²) in [6, 6.07) is 8.02. The molecular formula is C12H13NO2. The van der Waals surface area contributed by atoms with Crippen molar-refractivity contribution in [3.63, 3.8) is 0 Å². The molecule has 78 valence electrons. The molecule has 0 amide bonds. The summed E-state index contributed by atoms with van der Waals surface area (Å²) in [5, 5.41) is 1.18. The number of methoxy groups -OCH3 is 1. The van der Waals surface area contributed by atoms with Crippen LogP contribution in [0.15, 0.2) is 30.5 Å². The largest absolute Gasteiger partial charge is 0.468 e. The number of rotatable bonds is 2. The Morgan fingerprint density at radius 1 is 1.40 bits per heavy atom. The summed E-state index contributed by atoms with van der Waals surface area (Å²) in [7, 11) is 1.40. The quantitative estimate of drug-likeness (QED) is 0.700. The number of hydrogen-bond donors (Lipinski definition) is 0. The van der Waals surface area contributed by atoms with Gasteiger partial charge in [0.2, 0.25) is 0 Å². The van der Waals surface area contributed by atoms with E-state index in [0.717, 1.165) is 5.52 Å². The smallest absolute Gasteiger partial charge is 0.325 e. The topological polar surface area (TPSA) is 31.2 Å². The van der Waals surface area contributed by atoms with E-state index in [1.165, 1.54) is 18.1 Å². The molecule has 2 aromatic rings. The van der Waals surface area contributed by atoms with Crippen LogP contribution in [0, 0.1) is 6.92 Å². The van der Waals surface area contributed by atoms with Crippen molar-refractivity contribution >= 4 is 16.9 Å². The first kappa shape index (κ1) is 9.77. The minimum Gasteiger partial charge on any atom is -0.468 e. The fourth-order valence-corrected chi connectivity index (χ4v) is 1.76. The molecular weight excluding hydrogens is 190 g/mol. The highest BCUT2D eigenvalue weighted by atomic mass is 16.5. The Morgan fingerprint density at radius 3 is 2.87 bits per heavy atom. The summed E-state index contributed by atoms with van der Waals surface area (Å²) in [6.07, 6.45) is 1.97. The number of nitrogens with zero attached hydrogens (tertiary/aromatic N) is 1. The third-order valence-electron chi connectivity index (χ3n) is 2.51. The van der Waals surface area contributed by atoms with Gasteiger partial charge in [0.15, 0.2) is 0 Å². The number of ether oxygens (including phenoxy) is 1. The van der Waals surface area contributed by atoms with Crippen LogP contribution in [0.4, 0.5) is 0 Å². The number of esters is 1. The molecule has 0 N–H and O–H groups in total. The molecule has 2 rings (SSSR count). The van der Waals surface area contributed by atoms with Gasteiger partial charge in [-0.2, -0.15) is 0 Å². The summed E-state index contributed by atoms with van der Waals surface area (Å²) >= 11 is 0. The molecule has 1 aromatic heterocycles. The van der Waals surface area contributed by atoms with Gasteiger partial charge in [-0.15, -0.1) is 0 Å². The average molecular weight is 203 g/mol. The second-order valence-electron chi connectivity index (χ2n) is 3.53. The molecule has 0 aliphatic carbocycles. The van der Waals surface area contributed by atoms with Gasteiger partial charge in [-0.1, -0.05) is 18.2 Å². The zero-order chi connectivity index (χ0) is 10.8. The van der Waals surface area contributed by atoms with Gasteiger partial charge in [-0.25, -0.2) is 0 Å². The Balaban J connectivity index is 2.48. The maximum atomic E-state index is 11.2. The molecule has 0 radical (unpaired) electrons. The van der Waals surface area contributed by atoms with E-state index in [-0.39, 0.29) is 12.5 Å². The van der Waals surface area contributed by atoms with Crippen molar-refractivity contribution in [2.75, 3.05) is 7.11 Å². The number of para-hydroxylation sites is 1. The van der Waals surface area contributed by atoms with Crippen LogP contribution in [0.2, 0.25) is 0 Å². The number of hydrogen-bond acceptors (Lipinski definition) is 2. The number of carbonyl (C=O) groups is 1. The first-order chi connectivity index (χ1) is 7.22. The molecule has 3 nitrogen and oxygen atoms in total. The Bertz CT molecular complexity index is 499. The lowest BCUT2D eigenvalue weighted by molar-refractivity contribution is -0.141. The monoisotopic (exact) mass is 203 g/mol. The SMILES string of the molecule is COC(=O)Cn1cc(C)c2ccccc21. The zero-order valence-corrected chi connectivity index (χ0v) is 8.86. The minimum atomic E-state index is -0.226. The van der Waals surface area contributed by atoms with E-state index >= 15 is 0 Å². The van der Waals surface area contributed by atoms with Gasteiger partial charge in [-0.3, -0.25) is 4.79 Å². The lowest BCUT2D eigenvalue weighted by Gasteiger charge is -2.02. The number of carbonyl (C=O) groups excluding carboxylic acids is 1. The van der Waals surface area contributed by atoms with E-state index < -0.39 is 0 Å². The van der Waals surface area contributed by atoms with Crippen molar-refractivity contribution in [3.8, 4) is 0 Å². The van der Waals surface area contributed by atoms with Crippen LogP contribution in [0.25, 0.3) is 10.9 Å². The van der Waals surface area contributed by atoms with Crippen molar-refractivity contribution in [2.24, 2.45) is 0 Å². The van der Waals surface area contributed by atoms with Gasteiger partial charge in [0, 0.05) is 17.1 Å². The van der Waals surface area contributed by atoms with E-state index in [0.29, 0.717) is 0 Å². The third kappa shape index (κ3) is 1.73. The van der Waals surface area contributed by atoms with Crippen LogP contribution in [-0.2, 0) is 16.1 Å². The molecule has 0 spiro atoms. The first-order valence-corrected chi connectivity index (χ1v) is 4.83. The lowest BCUT2D eigenvalue weighted by atomic mass is 10.2. The van der Waals surface area contributed by atoms with Crippen LogP contribution in [-0.4, -0.2) is 17.6 Å². The highest BCUT2D eigenvalue weighted by Crippen LogP contribution is 2.20. The van der Waals surface area contributed by atoms with Crippen LogP contribution in [0.5, 0.6) is 0 Å². The molecule has 0 aliphatic heterocycles. The van der Waals surface area contributed by atoms with Gasteiger partial charge in [0.25, 0.3) is 0 Å². The highest BCUT2D eigenvalue weighted by molar-refractivity contribution is 5.85. The normalized spacial score (nSPS) is 10.5. The number of fused-ring (bicyclic) bond motifs is 1. The fraction of sp³-hybridized carbons (Fsp3) is 0.250. The molecule has 0 saturated heterocycles. The van der Waals surface area contributed by atoms with Gasteiger partial charge >= 0.3 is 5.97 Å². The zero-order valence-electron chi connectivity index (χ0n) is 8.86. The van der Waals surface area contributed by atoms with Crippen molar-refractivity contribution in [1.82, 2.24) is 4.57 Å². The predicted molar refractivity (Wildman–Crippen MR) is 58.7 cm³/mol. The van der Waals surface area contributed by atoms with Gasteiger partial charge in [0.1, 0.15) is 6.54 Å². The van der Waals surface area contributed by atoms with Crippen molar-refractivity contribution in [2.45, 2.75) is 13.5 Å². The highest BCUT2D eigenvalue weighted by Gasteiger charge is 2.07. The van der Waals surface area contributed by atoms with Crippen molar-refractivity contribution < 1.29 is 9.53 Å². The van der Waals surface area contributed by atoms with Crippen LogP contribution in [0.3, 0.4) is 0 Å². The summed E-state index contributed by atoms with van der Waals surface area (Å²) < 4.78 is 6.57. The number of aryl methyl sites for hydroxylation is 1. The number of aromatic nitrogens is 1. The molecule has 1 aromatic carbocycles. The molecule has 0 unspecified atom stereocenters. The maximum absolute atomic E-state index is 11.2. The van der Waals surface area contributed by atoms with E-state index in [2.05, 4.69) is 10.8 Å². The second-order valence-corrected chi connectivity index (χ2v) is 3.53. The Labute approximate surface area is 88.3 Å². The summed E-state index contributed by atoms with van der Waals surface area (Å²) in [5.41, 5.74) is 2.25. The standard InChI is InChI=1S/C12H13NO2/c1-9-7-13(8-12(14)15-2)11-6-4-3-5-10(9)11/h3-7H,8H2,1-2H3. The molecule has 0 atom stereocenters. The third-order valence-corrected chi connectivity index (χ3v) is 2.51. The second kappa shape index (κ2) is 3.77. The Kier molecular flexibility index (Phi) is 2.46. The molecule has 15 heavy (non-hydrogen) atoms. The molecule has 0 aliphatic rings. The van der Waals surface area contributed by atoms with E-state index in [1.807, 2.05) is 35.9 Å². The van der Waals surface area contributed by atoms with Crippen LogP contribution in [0.1, 0.15) is 5.56 Å². The first-order valence-electron chi connectivity index (χ1n) is 4.83. The van der Waals surface area contributed by atoms with E-state index in [4.69, 9.17) is 0 Å². The van der Waals surface area contributed by atoms with Gasteiger partial charge in [0.05, 0.1) is 7.11 Å². The van der Waals surface area contributed by atoms with Crippen LogP contribution >= 0.6 is 0 Å². The lowest BCUT2D eigenvalue weighted by Crippen LogP contribution is -2.10. The molecule has 0 bridgehead atoms. The summed E-state index contributed by atoms with van der Waals surface area (Å²) in [6.45, 7) is 2.31. The predicted octanol–water partition coefficient (Wildman–Crippen LogP) is 2.12. The van der Waals surface area contributed by atoms with E-state index in [9.17, 15) is 4.79 Å². The Morgan fingerprint density at radius 2 is 2.13 bits per heavy atom. The maximum Gasteiger partial charge on any atom is 0.325 e. The molecule has 0 saturated carbocycles. The van der Waals surface area contributed by atoms with Gasteiger partial charge in [-0.05, 0) is 18.6 Å². The fourth-order valence-electron chi connectivity index (χ4n) is 1.76. The Hall–Kier alpha value is -1.77. The number of benzene rings is 1. The summed E-state index contributed by atoms with van der Waals surface area (Å²) in [5.74, 6) is -0.226. The van der Waals surface area contributed by atoms with Crippen molar-refractivity contribution in [1.29, 1.82) is 0 Å². The van der Waals surface area contributed by atoms with Gasteiger partial charge < -0.3 is 9.30 Å². The average Bonchev–Trinajstić information content (AvgIpc) is 2.57. The molecule has 3 heteroatoms. The molecule has 0 fully saturated rings. The van der Waals surface area contributed by atoms with E-state index in [1.54, 1.807) is 0 Å². The van der Waals surface area contributed by atoms with Crippen LogP contribution < -0.4 is 0 Å². The molecule has 1 heterocycles.